The maximum atomic E-state index is 12.0. The van der Waals surface area contributed by atoms with Crippen molar-refractivity contribution in [2.24, 2.45) is 0 Å². The molecule has 0 radical (unpaired) electrons. The zero-order valence-corrected chi connectivity index (χ0v) is 12.9. The molecule has 0 amide bonds. The zero-order valence-electron chi connectivity index (χ0n) is 12.9. The molecular formula is C19H21NO. The Morgan fingerprint density at radius 2 is 1.90 bits per heavy atom. The third-order valence-corrected chi connectivity index (χ3v) is 4.36. The summed E-state index contributed by atoms with van der Waals surface area (Å²) in [6.45, 7) is 6.96. The first kappa shape index (κ1) is 13.9. The summed E-state index contributed by atoms with van der Waals surface area (Å²) < 4.78 is 0. The Bertz CT molecular complexity index is 685. The number of nitrogens with one attached hydrogen (secondary N) is 1. The van der Waals surface area contributed by atoms with Crippen LogP contribution in [0.25, 0.3) is 11.1 Å². The van der Waals surface area contributed by atoms with E-state index >= 15 is 0 Å². The largest absolute Gasteiger partial charge is 0.385 e. The van der Waals surface area contributed by atoms with Crippen LogP contribution < -0.4 is 5.32 Å². The molecule has 0 fully saturated rings. The van der Waals surface area contributed by atoms with Gasteiger partial charge in [-0.1, -0.05) is 36.8 Å². The molecule has 2 aromatic carbocycles. The Morgan fingerprint density at radius 3 is 2.57 bits per heavy atom. The molecule has 2 aromatic rings. The molecule has 0 bridgehead atoms. The maximum Gasteiger partial charge on any atom is 0.160 e. The van der Waals surface area contributed by atoms with Crippen molar-refractivity contribution in [2.45, 2.75) is 33.1 Å². The molecule has 2 heteroatoms. The Hall–Kier alpha value is -2.09. The monoisotopic (exact) mass is 279 g/mol. The van der Waals surface area contributed by atoms with Gasteiger partial charge in [-0.05, 0) is 55.0 Å². The molecule has 1 unspecified atom stereocenters. The van der Waals surface area contributed by atoms with Gasteiger partial charge in [0, 0.05) is 17.8 Å². The summed E-state index contributed by atoms with van der Waals surface area (Å²) in [4.78, 5) is 12.0. The summed E-state index contributed by atoms with van der Waals surface area (Å²) in [5.74, 6) is 0.653. The second-order valence-electron chi connectivity index (χ2n) is 6.02. The highest BCUT2D eigenvalue weighted by atomic mass is 16.1. The highest BCUT2D eigenvalue weighted by molar-refractivity contribution is 6.02. The molecule has 108 valence electrons. The van der Waals surface area contributed by atoms with E-state index in [0.29, 0.717) is 5.92 Å². The van der Waals surface area contributed by atoms with E-state index < -0.39 is 0 Å². The van der Waals surface area contributed by atoms with Crippen LogP contribution >= 0.6 is 0 Å². The Balaban J connectivity index is 2.20. The van der Waals surface area contributed by atoms with E-state index in [-0.39, 0.29) is 5.78 Å². The number of hydrogen-bond acceptors (Lipinski definition) is 2. The Kier molecular flexibility index (Phi) is 3.54. The van der Waals surface area contributed by atoms with Crippen molar-refractivity contribution in [3.8, 4) is 11.1 Å². The van der Waals surface area contributed by atoms with Crippen LogP contribution in [0.15, 0.2) is 36.4 Å². The number of benzene rings is 2. The van der Waals surface area contributed by atoms with Gasteiger partial charge in [-0.15, -0.1) is 0 Å². The standard InChI is InChI=1S/C19H21NO/c1-12-4-6-15(7-5-12)18-10-16-13(2)8-9-20-19(16)11-17(18)14(3)21/h4-7,10-11,13,20H,8-9H2,1-3H3. The van der Waals surface area contributed by atoms with Crippen molar-refractivity contribution in [1.82, 2.24) is 0 Å². The van der Waals surface area contributed by atoms with Gasteiger partial charge < -0.3 is 5.32 Å². The Morgan fingerprint density at radius 1 is 1.19 bits per heavy atom. The predicted molar refractivity (Wildman–Crippen MR) is 88.1 cm³/mol. The molecule has 1 atom stereocenters. The first-order valence-corrected chi connectivity index (χ1v) is 7.56. The lowest BCUT2D eigenvalue weighted by Crippen LogP contribution is -2.16. The Labute approximate surface area is 126 Å². The van der Waals surface area contributed by atoms with Crippen LogP contribution in [0.2, 0.25) is 0 Å². The fourth-order valence-electron chi connectivity index (χ4n) is 3.02. The van der Waals surface area contributed by atoms with Gasteiger partial charge >= 0.3 is 0 Å². The van der Waals surface area contributed by atoms with Gasteiger partial charge in [0.25, 0.3) is 0 Å². The molecule has 1 aliphatic rings. The summed E-state index contributed by atoms with van der Waals surface area (Å²) in [5.41, 5.74) is 6.65. The first-order chi connectivity index (χ1) is 10.1. The number of Topliss-reactive ketones (excluding diaryl/α,β-unsaturated/α-hetero) is 1. The first-order valence-electron chi connectivity index (χ1n) is 7.56. The van der Waals surface area contributed by atoms with Gasteiger partial charge in [0.15, 0.2) is 5.78 Å². The second-order valence-corrected chi connectivity index (χ2v) is 6.02. The molecule has 0 saturated carbocycles. The van der Waals surface area contributed by atoms with E-state index in [1.165, 1.54) is 11.1 Å². The number of ketones is 1. The van der Waals surface area contributed by atoms with E-state index in [9.17, 15) is 4.79 Å². The van der Waals surface area contributed by atoms with Crippen LogP contribution in [0.5, 0.6) is 0 Å². The van der Waals surface area contributed by atoms with E-state index in [4.69, 9.17) is 0 Å². The van der Waals surface area contributed by atoms with Crippen molar-refractivity contribution in [3.63, 3.8) is 0 Å². The summed E-state index contributed by atoms with van der Waals surface area (Å²) in [5, 5.41) is 3.42. The molecule has 1 aliphatic heterocycles. The van der Waals surface area contributed by atoms with Gasteiger partial charge in [-0.3, -0.25) is 4.79 Å². The molecule has 0 spiro atoms. The fourth-order valence-corrected chi connectivity index (χ4v) is 3.02. The normalized spacial score (nSPS) is 17.0. The SMILES string of the molecule is CC(=O)c1cc2c(cc1-c1ccc(C)cc1)C(C)CCN2. The van der Waals surface area contributed by atoms with Gasteiger partial charge in [0.1, 0.15) is 0 Å². The topological polar surface area (TPSA) is 29.1 Å². The number of anilines is 1. The van der Waals surface area contributed by atoms with Crippen LogP contribution in [-0.4, -0.2) is 12.3 Å². The third kappa shape index (κ3) is 2.58. The zero-order chi connectivity index (χ0) is 15.0. The molecular weight excluding hydrogens is 258 g/mol. The quantitative estimate of drug-likeness (QED) is 0.801. The minimum atomic E-state index is 0.119. The second kappa shape index (κ2) is 5.36. The highest BCUT2D eigenvalue weighted by Crippen LogP contribution is 2.37. The van der Waals surface area contributed by atoms with Gasteiger partial charge in [-0.25, -0.2) is 0 Å². The predicted octanol–water partition coefficient (Wildman–Crippen LogP) is 4.78. The highest BCUT2D eigenvalue weighted by Gasteiger charge is 2.20. The molecule has 0 saturated heterocycles. The number of hydrogen-bond donors (Lipinski definition) is 1. The van der Waals surface area contributed by atoms with E-state index in [1.54, 1.807) is 6.92 Å². The van der Waals surface area contributed by atoms with Crippen LogP contribution in [-0.2, 0) is 0 Å². The lowest BCUT2D eigenvalue weighted by atomic mass is 9.86. The summed E-state index contributed by atoms with van der Waals surface area (Å²) in [6, 6.07) is 12.6. The molecule has 0 aromatic heterocycles. The number of fused-ring (bicyclic) bond motifs is 1. The van der Waals surface area contributed by atoms with Crippen molar-refractivity contribution in [2.75, 3.05) is 11.9 Å². The molecule has 21 heavy (non-hydrogen) atoms. The van der Waals surface area contributed by atoms with Crippen molar-refractivity contribution in [3.05, 3.63) is 53.1 Å². The van der Waals surface area contributed by atoms with E-state index in [2.05, 4.69) is 49.5 Å². The van der Waals surface area contributed by atoms with Crippen molar-refractivity contribution < 1.29 is 4.79 Å². The van der Waals surface area contributed by atoms with Crippen LogP contribution in [0.1, 0.15) is 47.7 Å². The van der Waals surface area contributed by atoms with E-state index in [0.717, 1.165) is 35.3 Å². The number of aryl methyl sites for hydroxylation is 1. The molecule has 1 heterocycles. The maximum absolute atomic E-state index is 12.0. The molecule has 1 N–H and O–H groups in total. The molecule has 2 nitrogen and oxygen atoms in total. The number of carbonyl (C=O) groups is 1. The summed E-state index contributed by atoms with van der Waals surface area (Å²) >= 11 is 0. The smallest absolute Gasteiger partial charge is 0.160 e. The molecule has 0 aliphatic carbocycles. The fraction of sp³-hybridized carbons (Fsp3) is 0.316. The van der Waals surface area contributed by atoms with Crippen LogP contribution in [0.3, 0.4) is 0 Å². The lowest BCUT2D eigenvalue weighted by molar-refractivity contribution is 0.101. The van der Waals surface area contributed by atoms with Gasteiger partial charge in [0.2, 0.25) is 0 Å². The molecule has 3 rings (SSSR count). The van der Waals surface area contributed by atoms with Crippen LogP contribution in [0, 0.1) is 6.92 Å². The lowest BCUT2D eigenvalue weighted by Gasteiger charge is -2.26. The average Bonchev–Trinajstić information content (AvgIpc) is 2.47. The number of carbonyl (C=O) groups excluding carboxylic acids is 1. The van der Waals surface area contributed by atoms with Crippen LogP contribution in [0.4, 0.5) is 5.69 Å². The van der Waals surface area contributed by atoms with E-state index in [1.807, 2.05) is 6.07 Å². The van der Waals surface area contributed by atoms with Crippen molar-refractivity contribution in [1.29, 1.82) is 0 Å². The van der Waals surface area contributed by atoms with Gasteiger partial charge in [-0.2, -0.15) is 0 Å². The minimum Gasteiger partial charge on any atom is -0.385 e. The average molecular weight is 279 g/mol. The van der Waals surface area contributed by atoms with Gasteiger partial charge in [0.05, 0.1) is 0 Å². The summed E-state index contributed by atoms with van der Waals surface area (Å²) in [6.07, 6.45) is 1.14. The minimum absolute atomic E-state index is 0.119. The summed E-state index contributed by atoms with van der Waals surface area (Å²) in [7, 11) is 0. The van der Waals surface area contributed by atoms with Crippen molar-refractivity contribution >= 4 is 11.5 Å². The number of rotatable bonds is 2. The third-order valence-electron chi connectivity index (χ3n) is 4.36.